The highest BCUT2D eigenvalue weighted by molar-refractivity contribution is 6.42. The predicted octanol–water partition coefficient (Wildman–Crippen LogP) is 5.68. The maximum absolute atomic E-state index is 13.7. The van der Waals surface area contributed by atoms with E-state index in [1.807, 2.05) is 18.2 Å². The molecule has 1 aliphatic carbocycles. The molecule has 1 aliphatic heterocycles. The van der Waals surface area contributed by atoms with E-state index in [9.17, 15) is 4.79 Å². The first-order valence-electron chi connectivity index (χ1n) is 12.6. The van der Waals surface area contributed by atoms with Crippen LogP contribution >= 0.6 is 23.2 Å². The number of carbonyl (C=O) groups is 1. The molecular weight excluding hydrogens is 465 g/mol. The molecular formula is C28H36Cl2N3O+. The maximum atomic E-state index is 13.7. The average Bonchev–Trinajstić information content (AvgIpc) is 3.37. The third-order valence-electron chi connectivity index (χ3n) is 7.27. The number of halogens is 2. The molecule has 2 atom stereocenters. The summed E-state index contributed by atoms with van der Waals surface area (Å²) in [7, 11) is 0. The predicted molar refractivity (Wildman–Crippen MR) is 141 cm³/mol. The van der Waals surface area contributed by atoms with Crippen molar-refractivity contribution in [3.63, 3.8) is 0 Å². The van der Waals surface area contributed by atoms with Crippen LogP contribution in [0.5, 0.6) is 0 Å². The van der Waals surface area contributed by atoms with Gasteiger partial charge in [-0.25, -0.2) is 4.58 Å². The van der Waals surface area contributed by atoms with Crippen LogP contribution in [-0.2, 0) is 17.8 Å². The minimum Gasteiger partial charge on any atom is -0.332 e. The molecule has 2 aromatic carbocycles. The average molecular weight is 502 g/mol. The second kappa shape index (κ2) is 12.2. The zero-order valence-corrected chi connectivity index (χ0v) is 21.5. The first kappa shape index (κ1) is 25.2. The summed E-state index contributed by atoms with van der Waals surface area (Å²) in [5, 5.41) is 1.02. The normalized spacial score (nSPS) is 20.9. The molecule has 2 fully saturated rings. The van der Waals surface area contributed by atoms with Crippen molar-refractivity contribution in [3.8, 4) is 0 Å². The molecule has 1 saturated carbocycles. The van der Waals surface area contributed by atoms with Crippen LogP contribution in [0, 0.1) is 0 Å². The molecule has 0 bridgehead atoms. The summed E-state index contributed by atoms with van der Waals surface area (Å²) in [6, 6.07) is 16.6. The number of nitrogens with zero attached hydrogens (tertiary/aromatic N) is 3. The maximum Gasteiger partial charge on any atom is 0.227 e. The van der Waals surface area contributed by atoms with E-state index in [0.717, 1.165) is 38.2 Å². The van der Waals surface area contributed by atoms with Crippen LogP contribution in [0.25, 0.3) is 0 Å². The zero-order valence-electron chi connectivity index (χ0n) is 20.0. The summed E-state index contributed by atoms with van der Waals surface area (Å²) < 4.78 is 2.07. The van der Waals surface area contributed by atoms with E-state index in [-0.39, 0.29) is 11.9 Å². The van der Waals surface area contributed by atoms with Crippen LogP contribution in [0.1, 0.15) is 49.7 Å². The molecule has 1 saturated heterocycles. The standard InChI is InChI=1S/C28H36Cl2N3O/c1-31(21-22-9-3-2-4-10-22)17-18-33(28(34)20-23-13-14-24(29)25(30)19-23)27-12-6-5-11-26(27)32-15-7-8-16-32/h2-4,9-10,13-14,19,26-27H,1,5-8,11-12,15-18,20-21H2/q+1. The first-order chi connectivity index (χ1) is 16.5. The van der Waals surface area contributed by atoms with Gasteiger partial charge in [0.15, 0.2) is 13.1 Å². The summed E-state index contributed by atoms with van der Waals surface area (Å²) in [5.41, 5.74) is 2.15. The van der Waals surface area contributed by atoms with E-state index >= 15 is 0 Å². The quantitative estimate of drug-likeness (QED) is 0.326. The third kappa shape index (κ3) is 6.62. The number of likely N-dealkylation sites (tertiary alicyclic amines) is 1. The molecule has 0 radical (unpaired) electrons. The molecule has 0 spiro atoms. The molecule has 6 heteroatoms. The summed E-state index contributed by atoms with van der Waals surface area (Å²) in [6.07, 6.45) is 7.57. The molecule has 0 N–H and O–H groups in total. The molecule has 0 aromatic heterocycles. The Morgan fingerprint density at radius 3 is 2.44 bits per heavy atom. The van der Waals surface area contributed by atoms with Gasteiger partial charge >= 0.3 is 0 Å². The van der Waals surface area contributed by atoms with E-state index < -0.39 is 0 Å². The Kier molecular flexibility index (Phi) is 9.04. The van der Waals surface area contributed by atoms with Crippen LogP contribution in [0.15, 0.2) is 48.5 Å². The van der Waals surface area contributed by atoms with Gasteiger partial charge in [0.25, 0.3) is 0 Å². The minimum atomic E-state index is 0.169. The van der Waals surface area contributed by atoms with Crippen molar-refractivity contribution in [2.45, 2.75) is 63.6 Å². The van der Waals surface area contributed by atoms with Gasteiger partial charge in [0, 0.05) is 17.6 Å². The summed E-state index contributed by atoms with van der Waals surface area (Å²) in [4.78, 5) is 18.5. The van der Waals surface area contributed by atoms with Crippen molar-refractivity contribution in [1.82, 2.24) is 9.80 Å². The van der Waals surface area contributed by atoms with Crippen LogP contribution in [-0.4, -0.2) is 65.3 Å². The van der Waals surface area contributed by atoms with Crippen molar-refractivity contribution in [2.75, 3.05) is 26.2 Å². The largest absolute Gasteiger partial charge is 0.332 e. The highest BCUT2D eigenvalue weighted by atomic mass is 35.5. The Hall–Kier alpha value is -1.88. The van der Waals surface area contributed by atoms with E-state index in [1.165, 1.54) is 37.7 Å². The highest BCUT2D eigenvalue weighted by Crippen LogP contribution is 2.30. The van der Waals surface area contributed by atoms with Gasteiger partial charge in [-0.3, -0.25) is 9.69 Å². The fourth-order valence-electron chi connectivity index (χ4n) is 5.53. The van der Waals surface area contributed by atoms with Gasteiger partial charge in [-0.05, 0) is 56.5 Å². The fourth-order valence-corrected chi connectivity index (χ4v) is 5.85. The molecule has 182 valence electrons. The van der Waals surface area contributed by atoms with Gasteiger partial charge in [0.05, 0.1) is 23.0 Å². The molecule has 2 aromatic rings. The number of benzene rings is 2. The number of amides is 1. The van der Waals surface area contributed by atoms with Gasteiger partial charge in [-0.1, -0.05) is 72.4 Å². The Morgan fingerprint density at radius 2 is 1.71 bits per heavy atom. The molecule has 4 nitrogen and oxygen atoms in total. The minimum absolute atomic E-state index is 0.169. The van der Waals surface area contributed by atoms with Crippen molar-refractivity contribution in [2.24, 2.45) is 0 Å². The number of hydrogen-bond acceptors (Lipinski definition) is 2. The lowest BCUT2D eigenvalue weighted by molar-refractivity contribution is -0.535. The summed E-state index contributed by atoms with van der Waals surface area (Å²) in [6.45, 7) is 8.78. The Balaban J connectivity index is 1.49. The molecule has 34 heavy (non-hydrogen) atoms. The molecule has 2 unspecified atom stereocenters. The Morgan fingerprint density at radius 1 is 0.971 bits per heavy atom. The fraction of sp³-hybridized carbons (Fsp3) is 0.500. The molecule has 1 heterocycles. The lowest BCUT2D eigenvalue weighted by Crippen LogP contribution is -2.55. The topological polar surface area (TPSA) is 26.6 Å². The number of rotatable bonds is 9. The van der Waals surface area contributed by atoms with Gasteiger partial charge in [-0.2, -0.15) is 0 Å². The van der Waals surface area contributed by atoms with Gasteiger partial charge in [0.1, 0.15) is 6.72 Å². The lowest BCUT2D eigenvalue weighted by Gasteiger charge is -2.43. The van der Waals surface area contributed by atoms with Crippen molar-refractivity contribution in [1.29, 1.82) is 0 Å². The van der Waals surface area contributed by atoms with Crippen molar-refractivity contribution < 1.29 is 9.37 Å². The van der Waals surface area contributed by atoms with Crippen LogP contribution in [0.3, 0.4) is 0 Å². The lowest BCUT2D eigenvalue weighted by atomic mass is 9.87. The SMILES string of the molecule is C=[N+](CCN(C(=O)Cc1ccc(Cl)c(Cl)c1)C1CCCCC1N1CCCC1)Cc1ccccc1. The summed E-state index contributed by atoms with van der Waals surface area (Å²) in [5.74, 6) is 0.169. The third-order valence-corrected chi connectivity index (χ3v) is 8.01. The second-order valence-electron chi connectivity index (χ2n) is 9.71. The van der Waals surface area contributed by atoms with Crippen LogP contribution < -0.4 is 0 Å². The Bertz CT molecular complexity index is 975. The molecule has 4 rings (SSSR count). The van der Waals surface area contributed by atoms with Crippen LogP contribution in [0.2, 0.25) is 10.0 Å². The number of hydrogen-bond donors (Lipinski definition) is 0. The van der Waals surface area contributed by atoms with Crippen LogP contribution in [0.4, 0.5) is 0 Å². The van der Waals surface area contributed by atoms with E-state index in [1.54, 1.807) is 6.07 Å². The van der Waals surface area contributed by atoms with E-state index in [4.69, 9.17) is 23.2 Å². The second-order valence-corrected chi connectivity index (χ2v) is 10.5. The number of carbonyl (C=O) groups excluding carboxylic acids is 1. The van der Waals surface area contributed by atoms with Gasteiger partial charge < -0.3 is 4.90 Å². The monoisotopic (exact) mass is 500 g/mol. The smallest absolute Gasteiger partial charge is 0.227 e. The highest BCUT2D eigenvalue weighted by Gasteiger charge is 2.37. The van der Waals surface area contributed by atoms with Crippen molar-refractivity contribution in [3.05, 3.63) is 69.7 Å². The molecule has 1 amide bonds. The van der Waals surface area contributed by atoms with Gasteiger partial charge in [0.2, 0.25) is 5.91 Å². The zero-order chi connectivity index (χ0) is 23.9. The van der Waals surface area contributed by atoms with Gasteiger partial charge in [-0.15, -0.1) is 0 Å². The summed E-state index contributed by atoms with van der Waals surface area (Å²) >= 11 is 12.3. The van der Waals surface area contributed by atoms with E-state index in [0.29, 0.717) is 29.1 Å². The van der Waals surface area contributed by atoms with E-state index in [2.05, 4.69) is 45.4 Å². The van der Waals surface area contributed by atoms with Crippen molar-refractivity contribution >= 4 is 35.8 Å². The first-order valence-corrected chi connectivity index (χ1v) is 13.3. The molecule has 2 aliphatic rings. The Labute approximate surface area is 214 Å².